The molecule has 170 valence electrons. The van der Waals surface area contributed by atoms with E-state index < -0.39 is 11.2 Å². The van der Waals surface area contributed by atoms with Crippen molar-refractivity contribution in [3.63, 3.8) is 0 Å². The van der Waals surface area contributed by atoms with E-state index in [1.54, 1.807) is 7.11 Å². The van der Waals surface area contributed by atoms with Gasteiger partial charge in [0.15, 0.2) is 6.61 Å². The summed E-state index contributed by atoms with van der Waals surface area (Å²) in [4.78, 5) is 25.1. The summed E-state index contributed by atoms with van der Waals surface area (Å²) < 4.78 is 23.9. The molecule has 2 bridgehead atoms. The summed E-state index contributed by atoms with van der Waals surface area (Å²) in [5, 5.41) is 6.01. The number of halogens is 2. The third kappa shape index (κ3) is 4.89. The number of hydrogen-bond donors (Lipinski definition) is 2. The summed E-state index contributed by atoms with van der Waals surface area (Å²) in [6.07, 6.45) is 2.18. The van der Waals surface area contributed by atoms with Crippen LogP contribution in [0.3, 0.4) is 0 Å². The fraction of sp³-hybridized carbons (Fsp3) is 0.417. The number of methoxy groups -OCH3 is 1. The molecule has 2 aromatic carbocycles. The van der Waals surface area contributed by atoms with Crippen LogP contribution in [0, 0.1) is 17.2 Å². The van der Waals surface area contributed by atoms with Gasteiger partial charge in [-0.3, -0.25) is 9.59 Å². The van der Waals surface area contributed by atoms with Crippen LogP contribution in [0.5, 0.6) is 5.75 Å². The standard InChI is InChI=1S/C24H26ClFN2O4/c1-31-13-16-4-2-15(3-5-16)12-27-23(30)24-9-17(10-24)21(11-24)28-22(29)14-32-18-6-7-19(25)20(26)8-18/h2-8,17,21H,9-14H2,1H3,(H,27,30)(H,28,29)/t17?,21-,24?/m0/s1. The van der Waals surface area contributed by atoms with Gasteiger partial charge in [0.25, 0.3) is 5.91 Å². The number of carbonyl (C=O) groups excluding carboxylic acids is 2. The zero-order valence-electron chi connectivity index (χ0n) is 17.8. The van der Waals surface area contributed by atoms with Crippen molar-refractivity contribution >= 4 is 23.4 Å². The molecule has 2 amide bonds. The van der Waals surface area contributed by atoms with Crippen LogP contribution in [-0.4, -0.2) is 31.6 Å². The van der Waals surface area contributed by atoms with Gasteiger partial charge < -0.3 is 20.1 Å². The maximum absolute atomic E-state index is 13.5. The molecule has 0 spiro atoms. The van der Waals surface area contributed by atoms with Gasteiger partial charge >= 0.3 is 0 Å². The van der Waals surface area contributed by atoms with Gasteiger partial charge in [0.2, 0.25) is 5.91 Å². The molecule has 0 unspecified atom stereocenters. The molecule has 5 rings (SSSR count). The molecule has 1 atom stereocenters. The minimum absolute atomic E-state index is 0.000727. The molecule has 6 nitrogen and oxygen atoms in total. The third-order valence-electron chi connectivity index (χ3n) is 6.36. The second-order valence-electron chi connectivity index (χ2n) is 8.62. The van der Waals surface area contributed by atoms with E-state index in [1.807, 2.05) is 24.3 Å². The molecule has 2 aromatic rings. The van der Waals surface area contributed by atoms with Gasteiger partial charge in [0.05, 0.1) is 17.0 Å². The molecule has 0 aromatic heterocycles. The third-order valence-corrected chi connectivity index (χ3v) is 6.67. The van der Waals surface area contributed by atoms with Crippen molar-refractivity contribution in [2.75, 3.05) is 13.7 Å². The van der Waals surface area contributed by atoms with E-state index in [0.717, 1.165) is 30.0 Å². The van der Waals surface area contributed by atoms with Crippen LogP contribution in [0.15, 0.2) is 42.5 Å². The molecule has 3 aliphatic carbocycles. The number of hydrogen-bond acceptors (Lipinski definition) is 4. The first-order valence-corrected chi connectivity index (χ1v) is 11.0. The maximum atomic E-state index is 13.5. The van der Waals surface area contributed by atoms with Gasteiger partial charge in [0.1, 0.15) is 11.6 Å². The van der Waals surface area contributed by atoms with E-state index in [1.165, 1.54) is 12.1 Å². The molecule has 8 heteroatoms. The summed E-state index contributed by atoms with van der Waals surface area (Å²) in [7, 11) is 1.66. The Morgan fingerprint density at radius 3 is 2.53 bits per heavy atom. The summed E-state index contributed by atoms with van der Waals surface area (Å²) >= 11 is 5.64. The largest absolute Gasteiger partial charge is 0.484 e. The molecule has 0 radical (unpaired) electrons. The first kappa shape index (κ1) is 22.6. The number of rotatable bonds is 9. The molecular formula is C24H26ClFN2O4. The Morgan fingerprint density at radius 1 is 1.12 bits per heavy atom. The number of amides is 2. The highest BCUT2D eigenvalue weighted by Crippen LogP contribution is 2.58. The summed E-state index contributed by atoms with van der Waals surface area (Å²) in [6.45, 7) is 0.815. The molecule has 3 saturated carbocycles. The van der Waals surface area contributed by atoms with Gasteiger partial charge in [-0.2, -0.15) is 0 Å². The van der Waals surface area contributed by atoms with Gasteiger partial charge in [-0.1, -0.05) is 35.9 Å². The predicted molar refractivity (Wildman–Crippen MR) is 118 cm³/mol. The van der Waals surface area contributed by atoms with Crippen LogP contribution < -0.4 is 15.4 Å². The fourth-order valence-corrected chi connectivity index (χ4v) is 4.80. The van der Waals surface area contributed by atoms with Crippen molar-refractivity contribution in [1.29, 1.82) is 0 Å². The van der Waals surface area contributed by atoms with Crippen molar-refractivity contribution in [2.45, 2.75) is 38.5 Å². The Morgan fingerprint density at radius 2 is 1.84 bits per heavy atom. The predicted octanol–water partition coefficient (Wildman–Crippen LogP) is 3.61. The normalized spacial score (nSPS) is 23.3. The van der Waals surface area contributed by atoms with Crippen molar-refractivity contribution in [2.24, 2.45) is 11.3 Å². The summed E-state index contributed by atoms with van der Waals surface area (Å²) in [6, 6.07) is 11.9. The van der Waals surface area contributed by atoms with Crippen molar-refractivity contribution in [3.8, 4) is 5.75 Å². The zero-order chi connectivity index (χ0) is 22.7. The first-order valence-electron chi connectivity index (χ1n) is 10.6. The van der Waals surface area contributed by atoms with Crippen LogP contribution in [0.2, 0.25) is 5.02 Å². The quantitative estimate of drug-likeness (QED) is 0.599. The van der Waals surface area contributed by atoms with E-state index in [0.29, 0.717) is 25.5 Å². The van der Waals surface area contributed by atoms with Gasteiger partial charge in [-0.15, -0.1) is 0 Å². The van der Waals surface area contributed by atoms with E-state index in [-0.39, 0.29) is 35.2 Å². The lowest BCUT2D eigenvalue weighted by Gasteiger charge is -2.36. The Hall–Kier alpha value is -2.64. The Balaban J connectivity index is 1.23. The first-order chi connectivity index (χ1) is 15.4. The van der Waals surface area contributed by atoms with Crippen LogP contribution >= 0.6 is 11.6 Å². The van der Waals surface area contributed by atoms with Gasteiger partial charge in [-0.25, -0.2) is 4.39 Å². The number of fused-ring (bicyclic) bond motifs is 1. The monoisotopic (exact) mass is 460 g/mol. The molecule has 3 aliphatic rings. The smallest absolute Gasteiger partial charge is 0.258 e. The molecule has 0 saturated heterocycles. The molecule has 2 N–H and O–H groups in total. The Labute approximate surface area is 191 Å². The minimum atomic E-state index is -0.597. The highest BCUT2D eigenvalue weighted by molar-refractivity contribution is 6.30. The second-order valence-corrected chi connectivity index (χ2v) is 9.03. The second kappa shape index (κ2) is 9.46. The van der Waals surface area contributed by atoms with Crippen molar-refractivity contribution in [3.05, 3.63) is 64.4 Å². The van der Waals surface area contributed by atoms with Crippen LogP contribution in [0.1, 0.15) is 30.4 Å². The van der Waals surface area contributed by atoms with Crippen molar-refractivity contribution in [1.82, 2.24) is 10.6 Å². The molecular weight excluding hydrogens is 435 g/mol. The Bertz CT molecular complexity index is 992. The molecule has 0 heterocycles. The van der Waals surface area contributed by atoms with E-state index in [4.69, 9.17) is 21.1 Å². The average molecular weight is 461 g/mol. The van der Waals surface area contributed by atoms with Crippen LogP contribution in [-0.2, 0) is 27.5 Å². The fourth-order valence-electron chi connectivity index (χ4n) is 4.68. The minimum Gasteiger partial charge on any atom is -0.484 e. The SMILES string of the molecule is COCc1ccc(CNC(=O)C23CC(C2)[C@@H](NC(=O)COc2ccc(Cl)c(F)c2)C3)cc1. The van der Waals surface area contributed by atoms with Gasteiger partial charge in [-0.05, 0) is 48.4 Å². The highest BCUT2D eigenvalue weighted by Gasteiger charge is 2.60. The number of nitrogens with one attached hydrogen (secondary N) is 2. The lowest BCUT2D eigenvalue weighted by molar-refractivity contribution is -0.135. The number of ether oxygens (including phenoxy) is 2. The molecule has 0 aliphatic heterocycles. The topological polar surface area (TPSA) is 76.7 Å². The van der Waals surface area contributed by atoms with Crippen LogP contribution in [0.25, 0.3) is 0 Å². The van der Waals surface area contributed by atoms with E-state index in [2.05, 4.69) is 10.6 Å². The van der Waals surface area contributed by atoms with E-state index in [9.17, 15) is 14.0 Å². The van der Waals surface area contributed by atoms with E-state index >= 15 is 0 Å². The zero-order valence-corrected chi connectivity index (χ0v) is 18.6. The lowest BCUT2D eigenvalue weighted by Crippen LogP contribution is -2.44. The Kier molecular flexibility index (Phi) is 6.67. The molecule has 3 fully saturated rings. The summed E-state index contributed by atoms with van der Waals surface area (Å²) in [5.41, 5.74) is 1.71. The van der Waals surface area contributed by atoms with Crippen LogP contribution in [0.4, 0.5) is 4.39 Å². The highest BCUT2D eigenvalue weighted by atomic mass is 35.5. The number of benzene rings is 2. The lowest BCUT2D eigenvalue weighted by atomic mass is 9.69. The van der Waals surface area contributed by atoms with Gasteiger partial charge in [0, 0.05) is 25.8 Å². The maximum Gasteiger partial charge on any atom is 0.258 e. The molecule has 32 heavy (non-hydrogen) atoms. The number of carbonyl (C=O) groups is 2. The summed E-state index contributed by atoms with van der Waals surface area (Å²) in [5.74, 6) is -0.307. The average Bonchev–Trinajstić information content (AvgIpc) is 3.29. The van der Waals surface area contributed by atoms with Crippen molar-refractivity contribution < 1.29 is 23.5 Å².